The van der Waals surface area contributed by atoms with Gasteiger partial charge in [-0.15, -0.1) is 0 Å². The predicted molar refractivity (Wildman–Crippen MR) is 98.8 cm³/mol. The first kappa shape index (κ1) is 20.3. The molecular formula is C19H12FN3O7. The van der Waals surface area contributed by atoms with Gasteiger partial charge in [0.1, 0.15) is 11.6 Å². The van der Waals surface area contributed by atoms with E-state index in [0.29, 0.717) is 17.1 Å². The molecule has 0 spiro atoms. The Morgan fingerprint density at radius 2 is 2.03 bits per heavy atom. The summed E-state index contributed by atoms with van der Waals surface area (Å²) in [6.45, 7) is -0.688. The van der Waals surface area contributed by atoms with E-state index in [1.165, 1.54) is 6.08 Å². The van der Waals surface area contributed by atoms with Crippen molar-refractivity contribution >= 4 is 29.3 Å². The summed E-state index contributed by atoms with van der Waals surface area (Å²) in [5.41, 5.74) is -0.751. The molecule has 1 aliphatic heterocycles. The van der Waals surface area contributed by atoms with E-state index >= 15 is 0 Å². The lowest BCUT2D eigenvalue weighted by molar-refractivity contribution is -0.387. The first-order valence-corrected chi connectivity index (χ1v) is 8.29. The van der Waals surface area contributed by atoms with Crippen LogP contribution in [0, 0.1) is 27.3 Å². The molecule has 11 heteroatoms. The molecular weight excluding hydrogens is 401 g/mol. The summed E-state index contributed by atoms with van der Waals surface area (Å²) in [5.74, 6) is -1.94. The standard InChI is InChI=1S/C19H12FN3O7/c20-14-3-2-13(7-15(14)23(26)27)22-18(24)9-28-19(25)12(8-21)5-11-1-4-16-17(6-11)30-10-29-16/h1-7H,9-10H2,(H,22,24)/b12-5-. The Balaban J connectivity index is 1.61. The van der Waals surface area contributed by atoms with Gasteiger partial charge in [-0.05, 0) is 35.9 Å². The van der Waals surface area contributed by atoms with Crippen molar-refractivity contribution in [2.45, 2.75) is 0 Å². The molecule has 0 bridgehead atoms. The van der Waals surface area contributed by atoms with Crippen molar-refractivity contribution in [1.82, 2.24) is 0 Å². The Bertz CT molecular complexity index is 1110. The topological polar surface area (TPSA) is 141 Å². The zero-order valence-corrected chi connectivity index (χ0v) is 15.1. The van der Waals surface area contributed by atoms with Gasteiger partial charge in [0.25, 0.3) is 5.91 Å². The third kappa shape index (κ3) is 4.68. The Hall–Kier alpha value is -4.46. The van der Waals surface area contributed by atoms with E-state index in [4.69, 9.17) is 14.2 Å². The van der Waals surface area contributed by atoms with E-state index in [1.807, 2.05) is 0 Å². The van der Waals surface area contributed by atoms with E-state index in [0.717, 1.165) is 18.2 Å². The van der Waals surface area contributed by atoms with Crippen molar-refractivity contribution in [3.05, 3.63) is 63.5 Å². The van der Waals surface area contributed by atoms with Gasteiger partial charge >= 0.3 is 11.7 Å². The van der Waals surface area contributed by atoms with Gasteiger partial charge in [0.15, 0.2) is 18.1 Å². The van der Waals surface area contributed by atoms with Gasteiger partial charge < -0.3 is 19.5 Å². The maximum absolute atomic E-state index is 13.3. The highest BCUT2D eigenvalue weighted by Crippen LogP contribution is 2.33. The lowest BCUT2D eigenvalue weighted by atomic mass is 10.1. The van der Waals surface area contributed by atoms with Crippen molar-refractivity contribution in [2.24, 2.45) is 0 Å². The number of amides is 1. The summed E-state index contributed by atoms with van der Waals surface area (Å²) >= 11 is 0. The van der Waals surface area contributed by atoms with Gasteiger partial charge in [-0.3, -0.25) is 14.9 Å². The first-order chi connectivity index (χ1) is 14.4. The lowest BCUT2D eigenvalue weighted by Crippen LogP contribution is -2.21. The number of nitriles is 1. The molecule has 30 heavy (non-hydrogen) atoms. The Morgan fingerprint density at radius 1 is 1.27 bits per heavy atom. The van der Waals surface area contributed by atoms with E-state index in [2.05, 4.69) is 5.32 Å². The lowest BCUT2D eigenvalue weighted by Gasteiger charge is -2.06. The summed E-state index contributed by atoms with van der Waals surface area (Å²) < 4.78 is 28.5. The first-order valence-electron chi connectivity index (χ1n) is 8.29. The summed E-state index contributed by atoms with van der Waals surface area (Å²) in [4.78, 5) is 33.8. The van der Waals surface area contributed by atoms with Gasteiger partial charge in [0, 0.05) is 11.8 Å². The number of carbonyl (C=O) groups is 2. The van der Waals surface area contributed by atoms with Crippen LogP contribution >= 0.6 is 0 Å². The average Bonchev–Trinajstić information content (AvgIpc) is 3.19. The molecule has 1 aliphatic rings. The number of ether oxygens (including phenoxy) is 3. The van der Waals surface area contributed by atoms with Gasteiger partial charge in [0.05, 0.1) is 4.92 Å². The summed E-state index contributed by atoms with van der Waals surface area (Å²) in [5, 5.41) is 22.1. The number of hydrogen-bond acceptors (Lipinski definition) is 8. The van der Waals surface area contributed by atoms with Crippen LogP contribution in [0.15, 0.2) is 42.0 Å². The van der Waals surface area contributed by atoms with Crippen molar-refractivity contribution in [2.75, 3.05) is 18.7 Å². The van der Waals surface area contributed by atoms with Crippen LogP contribution in [-0.4, -0.2) is 30.2 Å². The molecule has 0 saturated heterocycles. The summed E-state index contributed by atoms with van der Waals surface area (Å²) in [6.07, 6.45) is 1.26. The van der Waals surface area contributed by atoms with Crippen LogP contribution in [0.1, 0.15) is 5.56 Å². The number of nitrogens with one attached hydrogen (secondary N) is 1. The molecule has 0 aliphatic carbocycles. The summed E-state index contributed by atoms with van der Waals surface area (Å²) in [6, 6.07) is 9.24. The van der Waals surface area contributed by atoms with Crippen molar-refractivity contribution in [3.8, 4) is 17.6 Å². The highest BCUT2D eigenvalue weighted by molar-refractivity contribution is 6.00. The zero-order chi connectivity index (χ0) is 21.7. The normalized spacial score (nSPS) is 12.1. The predicted octanol–water partition coefficient (Wildman–Crippen LogP) is 2.55. The van der Waals surface area contributed by atoms with Crippen LogP contribution in [0.2, 0.25) is 0 Å². The highest BCUT2D eigenvalue weighted by Gasteiger charge is 2.18. The Morgan fingerprint density at radius 3 is 2.77 bits per heavy atom. The number of nitro benzene ring substituents is 1. The monoisotopic (exact) mass is 413 g/mol. The zero-order valence-electron chi connectivity index (χ0n) is 15.1. The Kier molecular flexibility index (Phi) is 5.88. The van der Waals surface area contributed by atoms with E-state index in [-0.39, 0.29) is 18.1 Å². The number of halogens is 1. The van der Waals surface area contributed by atoms with Crippen LogP contribution in [-0.2, 0) is 14.3 Å². The van der Waals surface area contributed by atoms with Gasteiger partial charge in [-0.2, -0.15) is 9.65 Å². The van der Waals surface area contributed by atoms with Gasteiger partial charge in [-0.1, -0.05) is 6.07 Å². The number of rotatable bonds is 6. The molecule has 0 unspecified atom stereocenters. The second-order valence-electron chi connectivity index (χ2n) is 5.83. The van der Waals surface area contributed by atoms with Crippen LogP contribution in [0.3, 0.4) is 0 Å². The quantitative estimate of drug-likeness (QED) is 0.250. The number of carbonyl (C=O) groups excluding carboxylic acids is 2. The number of benzene rings is 2. The molecule has 10 nitrogen and oxygen atoms in total. The van der Waals surface area contributed by atoms with E-state index in [1.54, 1.807) is 24.3 Å². The minimum absolute atomic E-state index is 0.0550. The molecule has 3 rings (SSSR count). The van der Waals surface area contributed by atoms with Crippen LogP contribution in [0.4, 0.5) is 15.8 Å². The maximum Gasteiger partial charge on any atom is 0.349 e. The molecule has 2 aromatic rings. The molecule has 0 fully saturated rings. The number of esters is 1. The fraction of sp³-hybridized carbons (Fsp3) is 0.105. The van der Waals surface area contributed by atoms with Gasteiger partial charge in [0.2, 0.25) is 12.6 Å². The fourth-order valence-electron chi connectivity index (χ4n) is 2.44. The van der Waals surface area contributed by atoms with E-state index in [9.17, 15) is 29.4 Å². The number of hydrogen-bond donors (Lipinski definition) is 1. The number of nitrogens with zero attached hydrogens (tertiary/aromatic N) is 2. The molecule has 0 aromatic heterocycles. The van der Waals surface area contributed by atoms with Crippen molar-refractivity contribution in [1.29, 1.82) is 5.26 Å². The third-order valence-corrected chi connectivity index (χ3v) is 3.81. The van der Waals surface area contributed by atoms with Crippen LogP contribution < -0.4 is 14.8 Å². The second-order valence-corrected chi connectivity index (χ2v) is 5.83. The molecule has 0 saturated carbocycles. The average molecular weight is 413 g/mol. The van der Waals surface area contributed by atoms with Gasteiger partial charge in [-0.25, -0.2) is 4.79 Å². The maximum atomic E-state index is 13.3. The third-order valence-electron chi connectivity index (χ3n) is 3.81. The fourth-order valence-corrected chi connectivity index (χ4v) is 2.44. The number of anilines is 1. The Labute approximate surface area is 168 Å². The number of fused-ring (bicyclic) bond motifs is 1. The molecule has 0 atom stereocenters. The summed E-state index contributed by atoms with van der Waals surface area (Å²) in [7, 11) is 0. The SMILES string of the molecule is N#C/C(=C/c1ccc2c(c1)OCO2)C(=O)OCC(=O)Nc1ccc(F)c([N+](=O)[O-])c1. The van der Waals surface area contributed by atoms with Crippen LogP contribution in [0.25, 0.3) is 6.08 Å². The number of nitro groups is 1. The van der Waals surface area contributed by atoms with Crippen LogP contribution in [0.5, 0.6) is 11.5 Å². The molecule has 152 valence electrons. The van der Waals surface area contributed by atoms with Crippen molar-refractivity contribution in [3.63, 3.8) is 0 Å². The minimum Gasteiger partial charge on any atom is -0.454 e. The molecule has 0 radical (unpaired) electrons. The molecule has 1 heterocycles. The molecule has 1 amide bonds. The second kappa shape index (κ2) is 8.70. The smallest absolute Gasteiger partial charge is 0.349 e. The van der Waals surface area contributed by atoms with E-state index < -0.39 is 34.9 Å². The minimum atomic E-state index is -1.06. The van der Waals surface area contributed by atoms with Crippen molar-refractivity contribution < 1.29 is 33.1 Å². The highest BCUT2D eigenvalue weighted by atomic mass is 19.1. The molecule has 2 aromatic carbocycles. The molecule has 1 N–H and O–H groups in total. The largest absolute Gasteiger partial charge is 0.454 e.